The smallest absolute Gasteiger partial charge is 0.369 e. The predicted octanol–water partition coefficient (Wildman–Crippen LogP) is 1.66. The Labute approximate surface area is 168 Å². The quantitative estimate of drug-likeness (QED) is 0.492. The third kappa shape index (κ3) is 4.38. The fourth-order valence-electron chi connectivity index (χ4n) is 2.59. The first kappa shape index (κ1) is 21.2. The summed E-state index contributed by atoms with van der Waals surface area (Å²) in [6.45, 7) is 3.09. The molecule has 2 amide bonds. The number of nitrogens with two attached hydrogens (primary N) is 2. The molecule has 0 aliphatic rings. The molecule has 1 unspecified atom stereocenters. The van der Waals surface area contributed by atoms with E-state index in [0.717, 1.165) is 6.20 Å². The molecule has 0 spiro atoms. The van der Waals surface area contributed by atoms with Crippen molar-refractivity contribution in [3.8, 4) is 0 Å². The third-order valence-electron chi connectivity index (χ3n) is 4.12. The van der Waals surface area contributed by atoms with Crippen molar-refractivity contribution in [2.75, 3.05) is 5.32 Å². The van der Waals surface area contributed by atoms with Crippen LogP contribution < -0.4 is 16.8 Å². The van der Waals surface area contributed by atoms with Gasteiger partial charge < -0.3 is 21.8 Å². The molecule has 158 valence electrons. The van der Waals surface area contributed by atoms with Crippen LogP contribution in [0, 0.1) is 0 Å². The molecule has 0 saturated heterocycles. The number of rotatable bonds is 5. The van der Waals surface area contributed by atoms with E-state index in [-0.39, 0.29) is 5.82 Å². The van der Waals surface area contributed by atoms with E-state index >= 15 is 0 Å². The number of nitrogens with zero attached hydrogens (tertiary/aromatic N) is 3. The third-order valence-corrected chi connectivity index (χ3v) is 4.12. The maximum absolute atomic E-state index is 13.0. The molecular formula is C18H18F3N7O2. The van der Waals surface area contributed by atoms with Gasteiger partial charge in [-0.1, -0.05) is 0 Å². The van der Waals surface area contributed by atoms with E-state index in [0.29, 0.717) is 22.8 Å². The first-order chi connectivity index (χ1) is 13.9. The highest BCUT2D eigenvalue weighted by Gasteiger charge is 2.35. The highest BCUT2D eigenvalue weighted by molar-refractivity contribution is 5.98. The molecule has 2 heterocycles. The molecule has 3 aromatic rings. The van der Waals surface area contributed by atoms with Crippen molar-refractivity contribution in [3.05, 3.63) is 47.8 Å². The van der Waals surface area contributed by atoms with Crippen LogP contribution in [0.3, 0.4) is 0 Å². The molecule has 12 heteroatoms. The van der Waals surface area contributed by atoms with Crippen LogP contribution >= 0.6 is 0 Å². The zero-order valence-corrected chi connectivity index (χ0v) is 15.9. The van der Waals surface area contributed by atoms with Gasteiger partial charge >= 0.3 is 6.18 Å². The summed E-state index contributed by atoms with van der Waals surface area (Å²) in [7, 11) is 0. The molecule has 0 fully saturated rings. The van der Waals surface area contributed by atoms with E-state index in [2.05, 4.69) is 25.3 Å². The molecule has 0 aliphatic carbocycles. The number of H-pyrrole nitrogens is 1. The second-order valence-corrected chi connectivity index (χ2v) is 7.16. The number of amides is 2. The normalized spacial score (nSPS) is 13.3. The van der Waals surface area contributed by atoms with Gasteiger partial charge in [-0.05, 0) is 38.1 Å². The van der Waals surface area contributed by atoms with Crippen LogP contribution in [0.4, 0.5) is 18.9 Å². The lowest BCUT2D eigenvalue weighted by Crippen LogP contribution is -2.45. The number of carbonyl (C=O) groups excluding carboxylic acids is 2. The minimum Gasteiger partial charge on any atom is -0.369 e. The second-order valence-electron chi connectivity index (χ2n) is 7.16. The summed E-state index contributed by atoms with van der Waals surface area (Å²) >= 11 is 0. The van der Waals surface area contributed by atoms with Gasteiger partial charge in [0.25, 0.3) is 0 Å². The Morgan fingerprint density at radius 1 is 1.17 bits per heavy atom. The molecule has 0 saturated carbocycles. The lowest BCUT2D eigenvalue weighted by molar-refractivity contribution is -0.141. The second kappa shape index (κ2) is 7.37. The fraction of sp³-hybridized carbons (Fsp3) is 0.278. The number of nitrogens with one attached hydrogen (secondary N) is 2. The lowest BCUT2D eigenvalue weighted by atomic mass is 10.1. The summed E-state index contributed by atoms with van der Waals surface area (Å²) in [6.07, 6.45) is -3.82. The maximum Gasteiger partial charge on any atom is 0.433 e. The van der Waals surface area contributed by atoms with Crippen molar-refractivity contribution in [1.29, 1.82) is 0 Å². The monoisotopic (exact) mass is 421 g/mol. The Morgan fingerprint density at radius 3 is 2.47 bits per heavy atom. The molecule has 2 aromatic heterocycles. The fourth-order valence-corrected chi connectivity index (χ4v) is 2.59. The molecule has 3 rings (SSSR count). The number of primary amides is 1. The molecular weight excluding hydrogens is 403 g/mol. The van der Waals surface area contributed by atoms with Gasteiger partial charge in [0.05, 0.1) is 16.6 Å². The van der Waals surface area contributed by atoms with Gasteiger partial charge in [-0.15, -0.1) is 0 Å². The van der Waals surface area contributed by atoms with Crippen molar-refractivity contribution in [2.45, 2.75) is 31.5 Å². The minimum atomic E-state index is -4.71. The predicted molar refractivity (Wildman–Crippen MR) is 101 cm³/mol. The number of aromatic nitrogens is 4. The number of hydrogen-bond donors (Lipinski definition) is 4. The number of carbonyl (C=O) groups is 2. The summed E-state index contributed by atoms with van der Waals surface area (Å²) in [6, 6.07) is 5.35. The van der Waals surface area contributed by atoms with Gasteiger partial charge in [0.1, 0.15) is 17.3 Å². The molecule has 1 atom stereocenters. The van der Waals surface area contributed by atoms with E-state index in [1.54, 1.807) is 32.0 Å². The summed E-state index contributed by atoms with van der Waals surface area (Å²) in [5.41, 5.74) is 10.0. The van der Waals surface area contributed by atoms with Crippen molar-refractivity contribution in [1.82, 2.24) is 19.9 Å². The molecule has 30 heavy (non-hydrogen) atoms. The number of anilines is 1. The highest BCUT2D eigenvalue weighted by Crippen LogP contribution is 2.29. The Kier molecular flexibility index (Phi) is 5.20. The lowest BCUT2D eigenvalue weighted by Gasteiger charge is -2.17. The average molecular weight is 421 g/mol. The van der Waals surface area contributed by atoms with E-state index in [4.69, 9.17) is 11.5 Å². The topological polar surface area (TPSA) is 153 Å². The van der Waals surface area contributed by atoms with E-state index in [1.807, 2.05) is 0 Å². The van der Waals surface area contributed by atoms with Crippen LogP contribution in [0.1, 0.15) is 37.1 Å². The molecule has 6 N–H and O–H groups in total. The Bertz CT molecular complexity index is 1120. The van der Waals surface area contributed by atoms with Gasteiger partial charge in [0.2, 0.25) is 11.8 Å². The van der Waals surface area contributed by atoms with E-state index in [1.165, 1.54) is 0 Å². The van der Waals surface area contributed by atoms with Gasteiger partial charge in [0, 0.05) is 11.9 Å². The number of alkyl halides is 3. The number of halogens is 3. The first-order valence-corrected chi connectivity index (χ1v) is 8.65. The zero-order chi connectivity index (χ0) is 22.3. The highest BCUT2D eigenvalue weighted by atomic mass is 19.4. The number of benzene rings is 1. The average Bonchev–Trinajstić information content (AvgIpc) is 3.02. The van der Waals surface area contributed by atoms with Gasteiger partial charge in [-0.25, -0.2) is 15.0 Å². The molecule has 0 bridgehead atoms. The standard InChI is InChI=1S/C18H18F3N7O2/c1-17(2,23)16(30)25-8-3-4-9-10(7-8)27-15(26-9)12(13(22)29)14-24-6-5-11(28-14)18(19,20)21/h3-7,12H,23H2,1-2H3,(H2,22,29)(H,25,30)(H,26,27). The maximum atomic E-state index is 13.0. The number of imidazole rings is 1. The van der Waals surface area contributed by atoms with Crippen LogP contribution in [0.15, 0.2) is 30.5 Å². The summed E-state index contributed by atoms with van der Waals surface area (Å²) in [4.78, 5) is 38.3. The van der Waals surface area contributed by atoms with Crippen LogP contribution in [0.2, 0.25) is 0 Å². The van der Waals surface area contributed by atoms with E-state index < -0.39 is 41.0 Å². The Hall–Kier alpha value is -3.54. The van der Waals surface area contributed by atoms with Crippen molar-refractivity contribution < 1.29 is 22.8 Å². The van der Waals surface area contributed by atoms with Gasteiger partial charge in [-0.2, -0.15) is 13.2 Å². The minimum absolute atomic E-state index is 0.0283. The Balaban J connectivity index is 1.99. The first-order valence-electron chi connectivity index (χ1n) is 8.65. The van der Waals surface area contributed by atoms with Crippen LogP contribution in [0.25, 0.3) is 11.0 Å². The number of fused-ring (bicyclic) bond motifs is 1. The van der Waals surface area contributed by atoms with Crippen LogP contribution in [-0.4, -0.2) is 37.3 Å². The van der Waals surface area contributed by atoms with E-state index in [9.17, 15) is 22.8 Å². The van der Waals surface area contributed by atoms with Crippen LogP contribution in [0.5, 0.6) is 0 Å². The molecule has 9 nitrogen and oxygen atoms in total. The van der Waals surface area contributed by atoms with Crippen LogP contribution in [-0.2, 0) is 15.8 Å². The summed E-state index contributed by atoms with van der Waals surface area (Å²) in [5, 5.41) is 2.64. The summed E-state index contributed by atoms with van der Waals surface area (Å²) < 4.78 is 38.9. The van der Waals surface area contributed by atoms with Crippen molar-refractivity contribution in [2.24, 2.45) is 11.5 Å². The summed E-state index contributed by atoms with van der Waals surface area (Å²) in [5.74, 6) is -3.30. The molecule has 1 aromatic carbocycles. The molecule has 0 radical (unpaired) electrons. The number of hydrogen-bond acceptors (Lipinski definition) is 6. The number of aromatic amines is 1. The molecule has 0 aliphatic heterocycles. The largest absolute Gasteiger partial charge is 0.433 e. The van der Waals surface area contributed by atoms with Gasteiger partial charge in [-0.3, -0.25) is 9.59 Å². The van der Waals surface area contributed by atoms with Crippen molar-refractivity contribution in [3.63, 3.8) is 0 Å². The van der Waals surface area contributed by atoms with Gasteiger partial charge in [0.15, 0.2) is 5.92 Å². The Morgan fingerprint density at radius 2 is 1.87 bits per heavy atom. The zero-order valence-electron chi connectivity index (χ0n) is 15.9. The SMILES string of the molecule is CC(C)(N)C(=O)Nc1ccc2nc(C(C(N)=O)c3nccc(C(F)(F)F)n3)[nH]c2c1. The van der Waals surface area contributed by atoms with Crippen molar-refractivity contribution >= 4 is 28.5 Å².